The summed E-state index contributed by atoms with van der Waals surface area (Å²) in [6.45, 7) is 1.77. The van der Waals surface area contributed by atoms with Crippen molar-refractivity contribution in [1.82, 2.24) is 29.8 Å². The molecule has 5 rings (SSSR count). The number of halogens is 2. The summed E-state index contributed by atoms with van der Waals surface area (Å²) in [5, 5.41) is 0. The first-order chi connectivity index (χ1) is 15.6. The second-order valence-corrected chi connectivity index (χ2v) is 7.60. The van der Waals surface area contributed by atoms with Crippen molar-refractivity contribution in [3.63, 3.8) is 0 Å². The molecule has 0 unspecified atom stereocenters. The number of rotatable bonds is 4. The molecule has 0 fully saturated rings. The number of benzene rings is 1. The summed E-state index contributed by atoms with van der Waals surface area (Å²) in [5.41, 5.74) is 3.32. The molecule has 4 heterocycles. The molecule has 7 nitrogen and oxygen atoms in total. The highest BCUT2D eigenvalue weighted by Gasteiger charge is 2.22. The third kappa shape index (κ3) is 4.02. The second-order valence-electron chi connectivity index (χ2n) is 7.60. The number of nitrogens with one attached hydrogen (secondary N) is 1. The van der Waals surface area contributed by atoms with Crippen molar-refractivity contribution >= 4 is 0 Å². The molecule has 1 aliphatic heterocycles. The monoisotopic (exact) mass is 432 g/mol. The third-order valence-corrected chi connectivity index (χ3v) is 5.42. The van der Waals surface area contributed by atoms with E-state index in [1.165, 1.54) is 6.33 Å². The van der Waals surface area contributed by atoms with Gasteiger partial charge in [-0.25, -0.2) is 23.7 Å². The van der Waals surface area contributed by atoms with E-state index in [2.05, 4.69) is 29.8 Å². The van der Waals surface area contributed by atoms with Gasteiger partial charge in [0.1, 0.15) is 23.8 Å². The summed E-state index contributed by atoms with van der Waals surface area (Å²) in [6.07, 6.45) is 6.93. The van der Waals surface area contributed by atoms with Gasteiger partial charge in [-0.05, 0) is 29.8 Å². The molecule has 1 aliphatic rings. The van der Waals surface area contributed by atoms with E-state index in [1.807, 2.05) is 6.07 Å². The van der Waals surface area contributed by atoms with Gasteiger partial charge in [0, 0.05) is 50.2 Å². The fourth-order valence-corrected chi connectivity index (χ4v) is 3.80. The number of aromatic nitrogens is 5. The largest absolute Gasteiger partial charge is 0.306 e. The Morgan fingerprint density at radius 3 is 2.69 bits per heavy atom. The van der Waals surface area contributed by atoms with Crippen LogP contribution in [0.25, 0.3) is 22.6 Å². The van der Waals surface area contributed by atoms with Gasteiger partial charge in [0.2, 0.25) is 0 Å². The van der Waals surface area contributed by atoms with E-state index < -0.39 is 11.6 Å². The van der Waals surface area contributed by atoms with Crippen molar-refractivity contribution in [2.75, 3.05) is 6.54 Å². The molecule has 160 valence electrons. The summed E-state index contributed by atoms with van der Waals surface area (Å²) in [5.74, 6) is -0.569. The highest BCUT2D eigenvalue weighted by molar-refractivity contribution is 5.60. The molecule has 1 N–H and O–H groups in total. The average molecular weight is 432 g/mol. The van der Waals surface area contributed by atoms with E-state index in [0.717, 1.165) is 36.0 Å². The molecule has 3 aromatic heterocycles. The van der Waals surface area contributed by atoms with Crippen LogP contribution in [0.2, 0.25) is 0 Å². The smallest absolute Gasteiger partial charge is 0.255 e. The first-order valence-corrected chi connectivity index (χ1v) is 10.1. The average Bonchev–Trinajstić information content (AvgIpc) is 2.82. The van der Waals surface area contributed by atoms with Crippen LogP contribution in [0.15, 0.2) is 60.0 Å². The molecule has 1 aromatic carbocycles. The van der Waals surface area contributed by atoms with E-state index in [4.69, 9.17) is 0 Å². The zero-order valence-corrected chi connectivity index (χ0v) is 16.9. The van der Waals surface area contributed by atoms with Crippen molar-refractivity contribution in [3.8, 4) is 22.6 Å². The van der Waals surface area contributed by atoms with Crippen molar-refractivity contribution in [3.05, 3.63) is 94.1 Å². The summed E-state index contributed by atoms with van der Waals surface area (Å²) in [7, 11) is 0. The lowest BCUT2D eigenvalue weighted by atomic mass is 10.1. The Morgan fingerprint density at radius 2 is 1.91 bits per heavy atom. The van der Waals surface area contributed by atoms with Crippen molar-refractivity contribution in [2.45, 2.75) is 19.5 Å². The van der Waals surface area contributed by atoms with Crippen molar-refractivity contribution < 1.29 is 8.78 Å². The zero-order chi connectivity index (χ0) is 22.1. The van der Waals surface area contributed by atoms with Crippen LogP contribution >= 0.6 is 0 Å². The normalized spacial score (nSPS) is 13.7. The van der Waals surface area contributed by atoms with Crippen LogP contribution in [-0.2, 0) is 19.5 Å². The molecule has 0 atom stereocenters. The number of fused-ring (bicyclic) bond motifs is 1. The number of aromatic amines is 1. The molecule has 0 aliphatic carbocycles. The van der Waals surface area contributed by atoms with Crippen LogP contribution in [0.3, 0.4) is 0 Å². The molecular weight excluding hydrogens is 414 g/mol. The fourth-order valence-electron chi connectivity index (χ4n) is 3.80. The van der Waals surface area contributed by atoms with E-state index in [9.17, 15) is 13.6 Å². The van der Waals surface area contributed by atoms with Gasteiger partial charge in [-0.2, -0.15) is 0 Å². The third-order valence-electron chi connectivity index (χ3n) is 5.42. The van der Waals surface area contributed by atoms with Gasteiger partial charge in [0.05, 0.1) is 22.5 Å². The maximum Gasteiger partial charge on any atom is 0.255 e. The SMILES string of the molecule is O=c1[nH]c(-c2cncnc2)nc2c1CN(Cc1ccc(-c3cc(F)ccc3F)nc1)CC2. The number of hydrogen-bond acceptors (Lipinski definition) is 6. The van der Waals surface area contributed by atoms with Crippen molar-refractivity contribution in [1.29, 1.82) is 0 Å². The molecule has 9 heteroatoms. The topological polar surface area (TPSA) is 87.7 Å². The molecule has 0 amide bonds. The first-order valence-electron chi connectivity index (χ1n) is 10.1. The minimum Gasteiger partial charge on any atom is -0.306 e. The lowest BCUT2D eigenvalue weighted by Gasteiger charge is -2.27. The lowest BCUT2D eigenvalue weighted by molar-refractivity contribution is 0.241. The van der Waals surface area contributed by atoms with Gasteiger partial charge >= 0.3 is 0 Å². The van der Waals surface area contributed by atoms with Crippen LogP contribution < -0.4 is 5.56 Å². The Labute approximate surface area is 181 Å². The minimum atomic E-state index is -0.521. The Hall–Kier alpha value is -3.85. The lowest BCUT2D eigenvalue weighted by Crippen LogP contribution is -2.35. The van der Waals surface area contributed by atoms with E-state index in [0.29, 0.717) is 42.2 Å². The van der Waals surface area contributed by atoms with Gasteiger partial charge in [0.25, 0.3) is 5.56 Å². The molecule has 0 radical (unpaired) electrons. The maximum absolute atomic E-state index is 14.0. The van der Waals surface area contributed by atoms with Crippen LogP contribution in [0.4, 0.5) is 8.78 Å². The number of H-pyrrole nitrogens is 1. The van der Waals surface area contributed by atoms with Gasteiger partial charge in [-0.1, -0.05) is 6.07 Å². The summed E-state index contributed by atoms with van der Waals surface area (Å²) in [6, 6.07) is 6.81. The zero-order valence-electron chi connectivity index (χ0n) is 16.9. The van der Waals surface area contributed by atoms with Crippen molar-refractivity contribution in [2.24, 2.45) is 0 Å². The van der Waals surface area contributed by atoms with Crippen LogP contribution in [0.1, 0.15) is 16.8 Å². The van der Waals surface area contributed by atoms with Crippen LogP contribution in [-0.4, -0.2) is 36.4 Å². The predicted octanol–water partition coefficient (Wildman–Crippen LogP) is 3.13. The quantitative estimate of drug-likeness (QED) is 0.533. The van der Waals surface area contributed by atoms with Gasteiger partial charge in [-0.3, -0.25) is 14.7 Å². The Bertz CT molecular complexity index is 1320. The molecule has 0 saturated heterocycles. The molecule has 0 bridgehead atoms. The number of hydrogen-bond donors (Lipinski definition) is 1. The molecule has 0 saturated carbocycles. The first kappa shape index (κ1) is 20.1. The molecule has 0 spiro atoms. The minimum absolute atomic E-state index is 0.126. The molecular formula is C23H18F2N6O. The highest BCUT2D eigenvalue weighted by atomic mass is 19.1. The Kier molecular flexibility index (Phi) is 5.24. The molecule has 32 heavy (non-hydrogen) atoms. The highest BCUT2D eigenvalue weighted by Crippen LogP contribution is 2.23. The van der Waals surface area contributed by atoms with E-state index >= 15 is 0 Å². The van der Waals surface area contributed by atoms with Crippen LogP contribution in [0, 0.1) is 11.6 Å². The number of nitrogens with zero attached hydrogens (tertiary/aromatic N) is 5. The molecule has 4 aromatic rings. The number of pyridine rings is 1. The van der Waals surface area contributed by atoms with Gasteiger partial charge in [-0.15, -0.1) is 0 Å². The van der Waals surface area contributed by atoms with Gasteiger partial charge < -0.3 is 4.98 Å². The van der Waals surface area contributed by atoms with Crippen LogP contribution in [0.5, 0.6) is 0 Å². The van der Waals surface area contributed by atoms with E-state index in [-0.39, 0.29) is 11.1 Å². The van der Waals surface area contributed by atoms with Gasteiger partial charge in [0.15, 0.2) is 0 Å². The second kappa shape index (κ2) is 8.35. The Morgan fingerprint density at radius 1 is 1.06 bits per heavy atom. The predicted molar refractivity (Wildman–Crippen MR) is 113 cm³/mol. The standard InChI is InChI=1S/C23H18F2N6O/c24-16-2-3-19(25)17(7-16)20-4-1-14(8-28-20)11-31-6-5-21-18(12-31)23(32)30-22(29-21)15-9-26-13-27-10-15/h1-4,7-10,13H,5-6,11-12H2,(H,29,30,32). The Balaban J connectivity index is 1.32. The maximum atomic E-state index is 14.0. The summed E-state index contributed by atoms with van der Waals surface area (Å²) in [4.78, 5) is 34.5. The summed E-state index contributed by atoms with van der Waals surface area (Å²) < 4.78 is 27.4. The van der Waals surface area contributed by atoms with E-state index in [1.54, 1.807) is 24.7 Å². The summed E-state index contributed by atoms with van der Waals surface area (Å²) >= 11 is 0. The fraction of sp³-hybridized carbons (Fsp3) is 0.174.